The minimum Gasteiger partial charge on any atom is -0.492 e. The quantitative estimate of drug-likeness (QED) is 0.402. The molecule has 2 amide bonds. The average molecular weight is 411 g/mol. The van der Waals surface area contributed by atoms with Gasteiger partial charge in [0.15, 0.2) is 0 Å². The lowest BCUT2D eigenvalue weighted by Gasteiger charge is -2.21. The lowest BCUT2D eigenvalue weighted by molar-refractivity contribution is -0.384. The number of likely N-dealkylation sites (N-methyl/N-ethyl adjacent to an activating group) is 1. The van der Waals surface area contributed by atoms with E-state index >= 15 is 0 Å². The van der Waals surface area contributed by atoms with E-state index in [1.54, 1.807) is 38.2 Å². The molecule has 1 aliphatic heterocycles. The molecule has 1 aliphatic rings. The van der Waals surface area contributed by atoms with E-state index in [2.05, 4.69) is 0 Å². The molecule has 0 bridgehead atoms. The monoisotopic (exact) mass is 411 g/mol. The summed E-state index contributed by atoms with van der Waals surface area (Å²) in [4.78, 5) is 39.6. The number of hydrogen-bond acceptors (Lipinski definition) is 7. The van der Waals surface area contributed by atoms with Crippen LogP contribution in [0.3, 0.4) is 0 Å². The Morgan fingerprint density at radius 1 is 1.10 bits per heavy atom. The van der Waals surface area contributed by atoms with Crippen molar-refractivity contribution in [3.05, 3.63) is 69.9 Å². The number of amides is 2. The molecule has 0 aromatic heterocycles. The van der Waals surface area contributed by atoms with E-state index in [4.69, 9.17) is 4.74 Å². The van der Waals surface area contributed by atoms with Crippen LogP contribution in [-0.4, -0.2) is 53.6 Å². The molecule has 30 heavy (non-hydrogen) atoms. The summed E-state index contributed by atoms with van der Waals surface area (Å²) in [7, 11) is 1.60. The number of non-ortho nitro benzene ring substituents is 1. The molecule has 0 saturated carbocycles. The maximum Gasteiger partial charge on any atom is 0.282 e. The fourth-order valence-corrected chi connectivity index (χ4v) is 3.28. The highest BCUT2D eigenvalue weighted by Crippen LogP contribution is 2.38. The Kier molecular flexibility index (Phi) is 6.12. The number of ether oxygens (including phenoxy) is 1. The number of hydrogen-bond donors (Lipinski definition) is 1. The van der Waals surface area contributed by atoms with Crippen LogP contribution in [0.4, 0.5) is 11.4 Å². The molecule has 0 spiro atoms. The fourth-order valence-electron chi connectivity index (χ4n) is 3.28. The number of aliphatic hydroxyl groups excluding tert-OH is 1. The van der Waals surface area contributed by atoms with Gasteiger partial charge < -0.3 is 14.7 Å². The first-order chi connectivity index (χ1) is 14.4. The number of anilines is 1. The van der Waals surface area contributed by atoms with Gasteiger partial charge in [-0.2, -0.15) is 0 Å². The number of benzene rings is 2. The first-order valence-corrected chi connectivity index (χ1v) is 9.32. The van der Waals surface area contributed by atoms with Crippen molar-refractivity contribution in [2.75, 3.05) is 31.7 Å². The van der Waals surface area contributed by atoms with Crippen molar-refractivity contribution in [3.63, 3.8) is 0 Å². The zero-order chi connectivity index (χ0) is 21.8. The van der Waals surface area contributed by atoms with Crippen molar-refractivity contribution in [1.29, 1.82) is 0 Å². The summed E-state index contributed by atoms with van der Waals surface area (Å²) in [5, 5.41) is 20.3. The van der Waals surface area contributed by atoms with Gasteiger partial charge in [0, 0.05) is 25.7 Å². The van der Waals surface area contributed by atoms with Gasteiger partial charge in [0.05, 0.1) is 29.4 Å². The molecular weight excluding hydrogens is 390 g/mol. The van der Waals surface area contributed by atoms with Crippen LogP contribution in [0.5, 0.6) is 5.75 Å². The smallest absolute Gasteiger partial charge is 0.282 e. The maximum absolute atomic E-state index is 13.4. The Bertz CT molecular complexity index is 1020. The highest BCUT2D eigenvalue weighted by atomic mass is 16.6. The Labute approximate surface area is 172 Å². The van der Waals surface area contributed by atoms with Gasteiger partial charge in [-0.25, -0.2) is 4.90 Å². The largest absolute Gasteiger partial charge is 0.492 e. The molecular formula is C21H21N3O6. The van der Waals surface area contributed by atoms with Gasteiger partial charge in [0.25, 0.3) is 17.5 Å². The van der Waals surface area contributed by atoms with Gasteiger partial charge in [-0.05, 0) is 36.8 Å². The fraction of sp³-hybridized carbons (Fsp3) is 0.238. The van der Waals surface area contributed by atoms with Crippen LogP contribution in [0, 0.1) is 10.1 Å². The van der Waals surface area contributed by atoms with Gasteiger partial charge in [-0.3, -0.25) is 19.7 Å². The summed E-state index contributed by atoms with van der Waals surface area (Å²) in [6.45, 7) is 2.06. The molecule has 2 aromatic rings. The molecule has 9 nitrogen and oxygen atoms in total. The molecule has 9 heteroatoms. The van der Waals surface area contributed by atoms with Crippen LogP contribution >= 0.6 is 0 Å². The summed E-state index contributed by atoms with van der Waals surface area (Å²) in [5.74, 6) is -0.743. The predicted molar refractivity (Wildman–Crippen MR) is 110 cm³/mol. The van der Waals surface area contributed by atoms with Gasteiger partial charge in [-0.1, -0.05) is 12.1 Å². The molecule has 2 aromatic carbocycles. The number of para-hydroxylation sites is 2. The van der Waals surface area contributed by atoms with Crippen LogP contribution < -0.4 is 9.64 Å². The summed E-state index contributed by atoms with van der Waals surface area (Å²) in [6, 6.07) is 12.1. The van der Waals surface area contributed by atoms with Gasteiger partial charge in [0.2, 0.25) is 0 Å². The van der Waals surface area contributed by atoms with Crippen LogP contribution in [-0.2, 0) is 9.59 Å². The highest BCUT2D eigenvalue weighted by molar-refractivity contribution is 6.45. The van der Waals surface area contributed by atoms with Crippen molar-refractivity contribution in [2.24, 2.45) is 0 Å². The van der Waals surface area contributed by atoms with Crippen molar-refractivity contribution in [3.8, 4) is 5.75 Å². The first kappa shape index (κ1) is 21.0. The SMILES string of the molecule is CCOc1ccccc1N1C(=O)C(c2ccc([N+](=O)[O-])cc2)=C(N(C)CCO)C1=O. The zero-order valence-electron chi connectivity index (χ0n) is 16.6. The Hall–Kier alpha value is -3.72. The molecule has 0 unspecified atom stereocenters. The van der Waals surface area contributed by atoms with Gasteiger partial charge >= 0.3 is 0 Å². The lowest BCUT2D eigenvalue weighted by atomic mass is 10.0. The molecule has 156 valence electrons. The summed E-state index contributed by atoms with van der Waals surface area (Å²) in [5.41, 5.74) is 0.766. The predicted octanol–water partition coefficient (Wildman–Crippen LogP) is 2.20. The van der Waals surface area contributed by atoms with Crippen molar-refractivity contribution in [2.45, 2.75) is 6.92 Å². The topological polar surface area (TPSA) is 113 Å². The van der Waals surface area contributed by atoms with Gasteiger partial charge in [0.1, 0.15) is 11.4 Å². The normalized spacial score (nSPS) is 13.8. The molecule has 0 saturated heterocycles. The number of aliphatic hydroxyl groups is 1. The third-order valence-corrected chi connectivity index (χ3v) is 4.65. The van der Waals surface area contributed by atoms with E-state index in [1.165, 1.54) is 29.2 Å². The first-order valence-electron chi connectivity index (χ1n) is 9.32. The van der Waals surface area contributed by atoms with Crippen molar-refractivity contribution >= 4 is 28.8 Å². The number of nitrogens with zero attached hydrogens (tertiary/aromatic N) is 3. The van der Waals surface area contributed by atoms with Crippen LogP contribution in [0.1, 0.15) is 12.5 Å². The molecule has 0 fully saturated rings. The summed E-state index contributed by atoms with van der Waals surface area (Å²) < 4.78 is 5.58. The van der Waals surface area contributed by atoms with Crippen molar-refractivity contribution in [1.82, 2.24) is 4.90 Å². The molecule has 0 aliphatic carbocycles. The van der Waals surface area contributed by atoms with E-state index < -0.39 is 16.7 Å². The second kappa shape index (κ2) is 8.75. The number of imide groups is 1. The van der Waals surface area contributed by atoms with Crippen LogP contribution in [0.15, 0.2) is 54.2 Å². The van der Waals surface area contributed by atoms with E-state index in [1.807, 2.05) is 0 Å². The minimum atomic E-state index is -0.569. The van der Waals surface area contributed by atoms with Crippen LogP contribution in [0.2, 0.25) is 0 Å². The molecule has 0 atom stereocenters. The lowest BCUT2D eigenvalue weighted by Crippen LogP contribution is -2.35. The van der Waals surface area contributed by atoms with E-state index in [0.29, 0.717) is 23.6 Å². The molecule has 1 heterocycles. The highest BCUT2D eigenvalue weighted by Gasteiger charge is 2.42. The number of nitro groups is 1. The summed E-state index contributed by atoms with van der Waals surface area (Å²) in [6.07, 6.45) is 0. The van der Waals surface area contributed by atoms with Gasteiger partial charge in [-0.15, -0.1) is 0 Å². The average Bonchev–Trinajstić information content (AvgIpc) is 2.99. The second-order valence-corrected chi connectivity index (χ2v) is 6.52. The molecule has 0 radical (unpaired) electrons. The second-order valence-electron chi connectivity index (χ2n) is 6.52. The summed E-state index contributed by atoms with van der Waals surface area (Å²) >= 11 is 0. The third kappa shape index (κ3) is 3.74. The van der Waals surface area contributed by atoms with Crippen molar-refractivity contribution < 1.29 is 24.4 Å². The van der Waals surface area contributed by atoms with E-state index in [-0.39, 0.29) is 30.1 Å². The number of carbonyl (C=O) groups excluding carboxylic acids is 2. The van der Waals surface area contributed by atoms with E-state index in [0.717, 1.165) is 4.90 Å². The standard InChI is InChI=1S/C21H21N3O6/c1-3-30-17-7-5-4-6-16(17)23-20(26)18(19(21(23)27)22(2)12-13-25)14-8-10-15(11-9-14)24(28)29/h4-11,25H,3,12-13H2,1-2H3. The maximum atomic E-state index is 13.4. The number of carbonyl (C=O) groups is 2. The third-order valence-electron chi connectivity index (χ3n) is 4.65. The Morgan fingerprint density at radius 3 is 2.37 bits per heavy atom. The minimum absolute atomic E-state index is 0.106. The Balaban J connectivity index is 2.13. The van der Waals surface area contributed by atoms with Crippen LogP contribution in [0.25, 0.3) is 5.57 Å². The number of nitro benzene ring substituents is 1. The molecule has 1 N–H and O–H groups in total. The zero-order valence-corrected chi connectivity index (χ0v) is 16.6. The number of rotatable bonds is 8. The van der Waals surface area contributed by atoms with E-state index in [9.17, 15) is 24.8 Å². The Morgan fingerprint density at radius 2 is 1.77 bits per heavy atom. The molecule has 3 rings (SSSR count).